The summed E-state index contributed by atoms with van der Waals surface area (Å²) in [5.74, 6) is 0.327. The summed E-state index contributed by atoms with van der Waals surface area (Å²) in [6, 6.07) is 11.6. The highest BCUT2D eigenvalue weighted by Crippen LogP contribution is 2.28. The van der Waals surface area contributed by atoms with E-state index in [4.69, 9.17) is 4.42 Å². The number of likely N-dealkylation sites (tertiary alicyclic amines) is 1. The molecule has 4 rings (SSSR count). The van der Waals surface area contributed by atoms with Crippen LogP contribution >= 0.6 is 0 Å². The Morgan fingerprint density at radius 3 is 2.48 bits per heavy atom. The average Bonchev–Trinajstić information content (AvgIpc) is 3.47. The predicted octanol–water partition coefficient (Wildman–Crippen LogP) is 2.75. The number of rotatable bonds is 6. The number of benzene rings is 1. The predicted molar refractivity (Wildman–Crippen MR) is 116 cm³/mol. The van der Waals surface area contributed by atoms with Gasteiger partial charge in [-0.25, -0.2) is 0 Å². The summed E-state index contributed by atoms with van der Waals surface area (Å²) in [7, 11) is 0. The molecular weight excluding hydrogens is 394 g/mol. The molecule has 3 heterocycles. The van der Waals surface area contributed by atoms with E-state index in [-0.39, 0.29) is 36.0 Å². The fourth-order valence-corrected chi connectivity index (χ4v) is 4.39. The Balaban J connectivity index is 1.27. The minimum Gasteiger partial charge on any atom is -0.467 e. The summed E-state index contributed by atoms with van der Waals surface area (Å²) >= 11 is 0. The van der Waals surface area contributed by atoms with Gasteiger partial charge in [-0.3, -0.25) is 14.4 Å². The van der Waals surface area contributed by atoms with Crippen molar-refractivity contribution in [1.29, 1.82) is 0 Å². The van der Waals surface area contributed by atoms with Crippen molar-refractivity contribution in [2.45, 2.75) is 39.2 Å². The molecule has 1 N–H and O–H groups in total. The smallest absolute Gasteiger partial charge is 0.228 e. The molecule has 0 radical (unpaired) electrons. The van der Waals surface area contributed by atoms with Gasteiger partial charge in [0.15, 0.2) is 0 Å². The molecule has 7 nitrogen and oxygen atoms in total. The van der Waals surface area contributed by atoms with Crippen LogP contribution in [0.3, 0.4) is 0 Å². The molecule has 7 heteroatoms. The zero-order valence-electron chi connectivity index (χ0n) is 17.9. The molecule has 2 fully saturated rings. The van der Waals surface area contributed by atoms with Crippen LogP contribution in [-0.4, -0.2) is 42.3 Å². The highest BCUT2D eigenvalue weighted by Gasteiger charge is 2.38. The van der Waals surface area contributed by atoms with Crippen molar-refractivity contribution in [2.75, 3.05) is 24.5 Å². The number of amides is 3. The van der Waals surface area contributed by atoms with E-state index < -0.39 is 0 Å². The van der Waals surface area contributed by atoms with Gasteiger partial charge < -0.3 is 19.5 Å². The minimum absolute atomic E-state index is 0.00115. The molecule has 1 unspecified atom stereocenters. The first-order valence-corrected chi connectivity index (χ1v) is 11.0. The van der Waals surface area contributed by atoms with Gasteiger partial charge in [-0.1, -0.05) is 19.1 Å². The Hall–Kier alpha value is -3.09. The van der Waals surface area contributed by atoms with E-state index in [2.05, 4.69) is 12.2 Å². The zero-order chi connectivity index (χ0) is 21.8. The molecule has 3 amide bonds. The van der Waals surface area contributed by atoms with Crippen LogP contribution in [0.4, 0.5) is 5.69 Å². The minimum atomic E-state index is -0.317. The average molecular weight is 424 g/mol. The normalized spacial score (nSPS) is 19.6. The molecule has 2 aliphatic heterocycles. The number of aryl methyl sites for hydroxylation is 1. The van der Waals surface area contributed by atoms with Crippen LogP contribution < -0.4 is 10.2 Å². The summed E-state index contributed by atoms with van der Waals surface area (Å²) < 4.78 is 5.24. The maximum absolute atomic E-state index is 13.0. The summed E-state index contributed by atoms with van der Waals surface area (Å²) in [5, 5.41) is 2.90. The van der Waals surface area contributed by atoms with E-state index >= 15 is 0 Å². The maximum Gasteiger partial charge on any atom is 0.228 e. The first-order chi connectivity index (χ1) is 15.0. The Kier molecular flexibility index (Phi) is 6.39. The van der Waals surface area contributed by atoms with Crippen LogP contribution in [0.5, 0.6) is 0 Å². The van der Waals surface area contributed by atoms with E-state index in [0.29, 0.717) is 39.0 Å². The van der Waals surface area contributed by atoms with Crippen LogP contribution in [0.15, 0.2) is 47.1 Å². The van der Waals surface area contributed by atoms with Gasteiger partial charge >= 0.3 is 0 Å². The van der Waals surface area contributed by atoms with Gasteiger partial charge in [0, 0.05) is 37.7 Å². The Morgan fingerprint density at radius 1 is 1.10 bits per heavy atom. The summed E-state index contributed by atoms with van der Waals surface area (Å²) in [6.45, 7) is 3.99. The number of hydrogen-bond donors (Lipinski definition) is 1. The molecule has 164 valence electrons. The number of piperidine rings is 1. The van der Waals surface area contributed by atoms with Crippen LogP contribution in [-0.2, 0) is 27.3 Å². The topological polar surface area (TPSA) is 82.9 Å². The van der Waals surface area contributed by atoms with Crippen molar-refractivity contribution in [2.24, 2.45) is 11.8 Å². The standard InChI is InChI=1S/C24H29N3O4/c1-2-17-5-7-20(8-6-17)27-16-19(14-22(27)28)24(30)26-11-9-18(10-12-26)23(29)25-15-21-4-3-13-31-21/h3-8,13,18-19H,2,9-12,14-16H2,1H3,(H,25,29). The number of furan rings is 1. The van der Waals surface area contributed by atoms with Gasteiger partial charge in [-0.15, -0.1) is 0 Å². The highest BCUT2D eigenvalue weighted by molar-refractivity contribution is 6.00. The van der Waals surface area contributed by atoms with E-state index in [0.717, 1.165) is 17.9 Å². The molecule has 31 heavy (non-hydrogen) atoms. The second-order valence-corrected chi connectivity index (χ2v) is 8.32. The summed E-state index contributed by atoms with van der Waals surface area (Å²) in [6.07, 6.45) is 4.06. The van der Waals surface area contributed by atoms with Crippen molar-refractivity contribution in [3.63, 3.8) is 0 Å². The van der Waals surface area contributed by atoms with Gasteiger partial charge in [-0.2, -0.15) is 0 Å². The third-order valence-electron chi connectivity index (χ3n) is 6.32. The van der Waals surface area contributed by atoms with E-state index in [1.807, 2.05) is 35.2 Å². The Morgan fingerprint density at radius 2 is 1.84 bits per heavy atom. The van der Waals surface area contributed by atoms with Crippen LogP contribution in [0.25, 0.3) is 0 Å². The van der Waals surface area contributed by atoms with Gasteiger partial charge in [0.05, 0.1) is 18.7 Å². The van der Waals surface area contributed by atoms with Crippen molar-refractivity contribution in [1.82, 2.24) is 10.2 Å². The monoisotopic (exact) mass is 423 g/mol. The van der Waals surface area contributed by atoms with Crippen molar-refractivity contribution in [3.8, 4) is 0 Å². The molecule has 1 aromatic carbocycles. The molecule has 0 aliphatic carbocycles. The molecule has 1 aromatic heterocycles. The Bertz CT molecular complexity index is 915. The SMILES string of the molecule is CCc1ccc(N2CC(C(=O)N3CCC(C(=O)NCc4ccco4)CC3)CC2=O)cc1. The van der Waals surface area contributed by atoms with Crippen LogP contribution in [0.2, 0.25) is 0 Å². The summed E-state index contributed by atoms with van der Waals surface area (Å²) in [4.78, 5) is 41.5. The maximum atomic E-state index is 13.0. The number of anilines is 1. The van der Waals surface area contributed by atoms with Crippen molar-refractivity contribution >= 4 is 23.4 Å². The lowest BCUT2D eigenvalue weighted by Gasteiger charge is -2.32. The molecule has 2 aliphatic rings. The van der Waals surface area contributed by atoms with Crippen LogP contribution in [0, 0.1) is 11.8 Å². The third kappa shape index (κ3) is 4.81. The number of nitrogens with zero attached hydrogens (tertiary/aromatic N) is 2. The van der Waals surface area contributed by atoms with E-state index in [1.54, 1.807) is 17.2 Å². The lowest BCUT2D eigenvalue weighted by molar-refractivity contribution is -0.139. The first-order valence-electron chi connectivity index (χ1n) is 11.0. The van der Waals surface area contributed by atoms with E-state index in [9.17, 15) is 14.4 Å². The van der Waals surface area contributed by atoms with E-state index in [1.165, 1.54) is 5.56 Å². The van der Waals surface area contributed by atoms with Crippen LogP contribution in [0.1, 0.15) is 37.5 Å². The number of hydrogen-bond acceptors (Lipinski definition) is 4. The first kappa shape index (κ1) is 21.2. The zero-order valence-corrected chi connectivity index (χ0v) is 17.9. The Labute approximate surface area is 182 Å². The molecule has 2 aromatic rings. The largest absolute Gasteiger partial charge is 0.467 e. The lowest BCUT2D eigenvalue weighted by Crippen LogP contribution is -2.45. The lowest BCUT2D eigenvalue weighted by atomic mass is 9.94. The number of nitrogens with one attached hydrogen (secondary N) is 1. The van der Waals surface area contributed by atoms with Gasteiger partial charge in [-0.05, 0) is 49.1 Å². The molecule has 2 saturated heterocycles. The van der Waals surface area contributed by atoms with Crippen molar-refractivity contribution < 1.29 is 18.8 Å². The second-order valence-electron chi connectivity index (χ2n) is 8.32. The quantitative estimate of drug-likeness (QED) is 0.775. The second kappa shape index (κ2) is 9.37. The number of carbonyl (C=O) groups is 3. The molecule has 0 bridgehead atoms. The fraction of sp³-hybridized carbons (Fsp3) is 0.458. The van der Waals surface area contributed by atoms with Crippen molar-refractivity contribution in [3.05, 3.63) is 54.0 Å². The highest BCUT2D eigenvalue weighted by atomic mass is 16.3. The van der Waals surface area contributed by atoms with Gasteiger partial charge in [0.1, 0.15) is 5.76 Å². The fourth-order valence-electron chi connectivity index (χ4n) is 4.39. The molecule has 0 spiro atoms. The van der Waals surface area contributed by atoms with Gasteiger partial charge in [0.2, 0.25) is 17.7 Å². The van der Waals surface area contributed by atoms with Gasteiger partial charge in [0.25, 0.3) is 0 Å². The molecular formula is C24H29N3O4. The summed E-state index contributed by atoms with van der Waals surface area (Å²) in [5.41, 5.74) is 2.07. The molecule has 1 atom stereocenters. The molecule has 0 saturated carbocycles. The third-order valence-corrected chi connectivity index (χ3v) is 6.32. The number of carbonyl (C=O) groups excluding carboxylic acids is 3.